The van der Waals surface area contributed by atoms with Crippen LogP contribution in [-0.4, -0.2) is 34.5 Å². The standard InChI is InChI=1S/C15H17BrClNO3/c16-12-6-5-11(17)9-10(12)4-7-14(19)18-8-2-1-3-13(18)15(20)21/h5-6,9,13H,1-4,7-8H2,(H,20,21). The van der Waals surface area contributed by atoms with Crippen LogP contribution in [0.15, 0.2) is 22.7 Å². The highest BCUT2D eigenvalue weighted by atomic mass is 79.9. The Balaban J connectivity index is 2.00. The molecule has 1 fully saturated rings. The number of carbonyl (C=O) groups is 2. The molecule has 2 rings (SSSR count). The highest BCUT2D eigenvalue weighted by Crippen LogP contribution is 2.24. The lowest BCUT2D eigenvalue weighted by molar-refractivity contribution is -0.152. The molecular formula is C15H17BrClNO3. The fourth-order valence-electron chi connectivity index (χ4n) is 2.61. The second-order valence-corrected chi connectivity index (χ2v) is 6.46. The first-order valence-electron chi connectivity index (χ1n) is 6.95. The maximum atomic E-state index is 12.3. The predicted molar refractivity (Wildman–Crippen MR) is 84.5 cm³/mol. The summed E-state index contributed by atoms with van der Waals surface area (Å²) in [6.07, 6.45) is 3.12. The van der Waals surface area contributed by atoms with Gasteiger partial charge in [-0.25, -0.2) is 4.79 Å². The molecule has 0 radical (unpaired) electrons. The summed E-state index contributed by atoms with van der Waals surface area (Å²) in [6.45, 7) is 0.534. The second kappa shape index (κ2) is 7.27. The molecule has 4 nitrogen and oxygen atoms in total. The Kier molecular flexibility index (Phi) is 5.65. The van der Waals surface area contributed by atoms with Crippen molar-refractivity contribution in [2.75, 3.05) is 6.54 Å². The van der Waals surface area contributed by atoms with Crippen molar-refractivity contribution >= 4 is 39.4 Å². The zero-order chi connectivity index (χ0) is 15.4. The van der Waals surface area contributed by atoms with Gasteiger partial charge >= 0.3 is 5.97 Å². The largest absolute Gasteiger partial charge is 0.480 e. The summed E-state index contributed by atoms with van der Waals surface area (Å²) in [7, 11) is 0. The van der Waals surface area contributed by atoms with E-state index < -0.39 is 12.0 Å². The van der Waals surface area contributed by atoms with Gasteiger partial charge in [-0.3, -0.25) is 4.79 Å². The molecule has 0 spiro atoms. The summed E-state index contributed by atoms with van der Waals surface area (Å²) in [5.41, 5.74) is 0.958. The molecular weight excluding hydrogens is 358 g/mol. The van der Waals surface area contributed by atoms with E-state index in [1.807, 2.05) is 12.1 Å². The van der Waals surface area contributed by atoms with Crippen molar-refractivity contribution in [2.24, 2.45) is 0 Å². The highest BCUT2D eigenvalue weighted by molar-refractivity contribution is 9.10. The molecule has 6 heteroatoms. The molecule has 0 aromatic heterocycles. The number of amides is 1. The van der Waals surface area contributed by atoms with Crippen LogP contribution in [0.2, 0.25) is 5.02 Å². The first-order chi connectivity index (χ1) is 9.99. The fourth-order valence-corrected chi connectivity index (χ4v) is 3.25. The van der Waals surface area contributed by atoms with Gasteiger partial charge in [-0.1, -0.05) is 27.5 Å². The third-order valence-electron chi connectivity index (χ3n) is 3.72. The van der Waals surface area contributed by atoms with E-state index in [4.69, 9.17) is 11.6 Å². The fraction of sp³-hybridized carbons (Fsp3) is 0.467. The number of rotatable bonds is 4. The molecule has 1 aromatic carbocycles. The van der Waals surface area contributed by atoms with Crippen molar-refractivity contribution in [1.82, 2.24) is 4.90 Å². The molecule has 1 saturated heterocycles. The lowest BCUT2D eigenvalue weighted by atomic mass is 10.0. The van der Waals surface area contributed by atoms with Crippen LogP contribution in [0, 0.1) is 0 Å². The van der Waals surface area contributed by atoms with Crippen molar-refractivity contribution in [3.05, 3.63) is 33.3 Å². The average Bonchev–Trinajstić information content (AvgIpc) is 2.47. The second-order valence-electron chi connectivity index (χ2n) is 5.17. The van der Waals surface area contributed by atoms with Gasteiger partial charge in [0.1, 0.15) is 6.04 Å². The number of aryl methyl sites for hydroxylation is 1. The van der Waals surface area contributed by atoms with Gasteiger partial charge in [-0.2, -0.15) is 0 Å². The van der Waals surface area contributed by atoms with E-state index in [-0.39, 0.29) is 5.91 Å². The van der Waals surface area contributed by atoms with Gasteiger partial charge in [-0.15, -0.1) is 0 Å². The maximum Gasteiger partial charge on any atom is 0.326 e. The molecule has 1 aromatic rings. The third kappa shape index (κ3) is 4.20. The lowest BCUT2D eigenvalue weighted by Gasteiger charge is -2.33. The minimum absolute atomic E-state index is 0.103. The van der Waals surface area contributed by atoms with E-state index in [0.29, 0.717) is 30.8 Å². The SMILES string of the molecule is O=C(O)C1CCCCN1C(=O)CCc1cc(Cl)ccc1Br. The molecule has 0 aliphatic carbocycles. The Morgan fingerprint density at radius 1 is 1.38 bits per heavy atom. The van der Waals surface area contributed by atoms with Crippen molar-refractivity contribution in [3.8, 4) is 0 Å². The molecule has 1 unspecified atom stereocenters. The van der Waals surface area contributed by atoms with E-state index >= 15 is 0 Å². The zero-order valence-electron chi connectivity index (χ0n) is 11.5. The quantitative estimate of drug-likeness (QED) is 0.877. The van der Waals surface area contributed by atoms with Crippen molar-refractivity contribution in [2.45, 2.75) is 38.1 Å². The van der Waals surface area contributed by atoms with Crippen LogP contribution in [0.4, 0.5) is 0 Å². The number of piperidine rings is 1. The number of hydrogen-bond donors (Lipinski definition) is 1. The number of halogens is 2. The van der Waals surface area contributed by atoms with E-state index in [0.717, 1.165) is 22.9 Å². The maximum absolute atomic E-state index is 12.3. The van der Waals surface area contributed by atoms with Crippen molar-refractivity contribution < 1.29 is 14.7 Å². The zero-order valence-corrected chi connectivity index (χ0v) is 13.9. The van der Waals surface area contributed by atoms with Gasteiger partial charge in [0, 0.05) is 22.5 Å². The molecule has 0 bridgehead atoms. The van der Waals surface area contributed by atoms with Gasteiger partial charge in [0.2, 0.25) is 5.91 Å². The van der Waals surface area contributed by atoms with Crippen LogP contribution in [-0.2, 0) is 16.0 Å². The summed E-state index contributed by atoms with van der Waals surface area (Å²) in [5.74, 6) is -1.01. The summed E-state index contributed by atoms with van der Waals surface area (Å²) in [6, 6.07) is 4.78. The van der Waals surface area contributed by atoms with Gasteiger partial charge in [-0.05, 0) is 49.4 Å². The Bertz CT molecular complexity index is 550. The van der Waals surface area contributed by atoms with Gasteiger partial charge in [0.15, 0.2) is 0 Å². The Morgan fingerprint density at radius 3 is 2.86 bits per heavy atom. The number of carbonyl (C=O) groups excluding carboxylic acids is 1. The first-order valence-corrected chi connectivity index (χ1v) is 8.12. The van der Waals surface area contributed by atoms with Gasteiger partial charge < -0.3 is 10.0 Å². The molecule has 1 atom stereocenters. The smallest absolute Gasteiger partial charge is 0.326 e. The molecule has 1 amide bonds. The number of carboxylic acid groups (broad SMARTS) is 1. The number of nitrogens with zero attached hydrogens (tertiary/aromatic N) is 1. The topological polar surface area (TPSA) is 57.6 Å². The predicted octanol–water partition coefficient (Wildman–Crippen LogP) is 3.50. The van der Waals surface area contributed by atoms with Crippen LogP contribution in [0.25, 0.3) is 0 Å². The summed E-state index contributed by atoms with van der Waals surface area (Å²) < 4.78 is 0.910. The monoisotopic (exact) mass is 373 g/mol. The summed E-state index contributed by atoms with van der Waals surface area (Å²) in [4.78, 5) is 25.0. The highest BCUT2D eigenvalue weighted by Gasteiger charge is 2.31. The number of hydrogen-bond acceptors (Lipinski definition) is 2. The van der Waals surface area contributed by atoms with E-state index in [2.05, 4.69) is 15.9 Å². The van der Waals surface area contributed by atoms with Crippen LogP contribution in [0.1, 0.15) is 31.2 Å². The number of aliphatic carboxylic acids is 1. The van der Waals surface area contributed by atoms with E-state index in [1.54, 1.807) is 6.07 Å². The molecule has 21 heavy (non-hydrogen) atoms. The van der Waals surface area contributed by atoms with E-state index in [9.17, 15) is 14.7 Å². The van der Waals surface area contributed by atoms with Gasteiger partial charge in [0.05, 0.1) is 0 Å². The lowest BCUT2D eigenvalue weighted by Crippen LogP contribution is -2.48. The minimum Gasteiger partial charge on any atom is -0.480 e. The average molecular weight is 375 g/mol. The molecule has 1 aliphatic rings. The molecule has 1 aliphatic heterocycles. The molecule has 0 saturated carbocycles. The van der Waals surface area contributed by atoms with Gasteiger partial charge in [0.25, 0.3) is 0 Å². The number of benzene rings is 1. The third-order valence-corrected chi connectivity index (χ3v) is 4.73. The van der Waals surface area contributed by atoms with Crippen LogP contribution >= 0.6 is 27.5 Å². The number of carboxylic acids is 1. The van der Waals surface area contributed by atoms with Crippen molar-refractivity contribution in [3.63, 3.8) is 0 Å². The minimum atomic E-state index is -0.910. The van der Waals surface area contributed by atoms with Crippen LogP contribution in [0.5, 0.6) is 0 Å². The Labute approximate surface area is 137 Å². The normalized spacial score (nSPS) is 18.6. The molecule has 1 heterocycles. The molecule has 1 N–H and O–H groups in total. The summed E-state index contributed by atoms with van der Waals surface area (Å²) >= 11 is 9.39. The van der Waals surface area contributed by atoms with Crippen molar-refractivity contribution in [1.29, 1.82) is 0 Å². The van der Waals surface area contributed by atoms with Crippen LogP contribution in [0.3, 0.4) is 0 Å². The number of likely N-dealkylation sites (tertiary alicyclic amines) is 1. The molecule has 114 valence electrons. The first kappa shape index (κ1) is 16.3. The summed E-state index contributed by atoms with van der Waals surface area (Å²) in [5, 5.41) is 9.83. The Morgan fingerprint density at radius 2 is 2.14 bits per heavy atom. The van der Waals surface area contributed by atoms with Crippen LogP contribution < -0.4 is 0 Å². The van der Waals surface area contributed by atoms with E-state index in [1.165, 1.54) is 4.90 Å². The Hall–Kier alpha value is -1.07.